The number of hydrogen-bond acceptors (Lipinski definition) is 4. The van der Waals surface area contributed by atoms with Gasteiger partial charge >= 0.3 is 0 Å². The summed E-state index contributed by atoms with van der Waals surface area (Å²) in [6, 6.07) is 12.0. The molecule has 0 fully saturated rings. The Labute approximate surface area is 193 Å². The van der Waals surface area contributed by atoms with Crippen LogP contribution in [0.2, 0.25) is 0 Å². The maximum Gasteiger partial charge on any atom is 0.255 e. The van der Waals surface area contributed by atoms with Gasteiger partial charge in [-0.05, 0) is 49.2 Å². The molecule has 1 amide bonds. The lowest BCUT2D eigenvalue weighted by Gasteiger charge is -2.19. The molecule has 0 aliphatic rings. The number of aliphatic imine (C=N–C) groups is 1. The van der Waals surface area contributed by atoms with Crippen LogP contribution in [0.1, 0.15) is 31.0 Å². The van der Waals surface area contributed by atoms with Gasteiger partial charge in [0, 0.05) is 6.54 Å². The van der Waals surface area contributed by atoms with Crippen molar-refractivity contribution in [3.63, 3.8) is 0 Å². The molecular weight excluding hydrogens is 502 g/mol. The molecule has 164 valence electrons. The molecule has 2 aromatic rings. The summed E-state index contributed by atoms with van der Waals surface area (Å²) >= 11 is 0. The zero-order valence-electron chi connectivity index (χ0n) is 17.3. The van der Waals surface area contributed by atoms with E-state index in [0.717, 1.165) is 11.1 Å². The van der Waals surface area contributed by atoms with Crippen LogP contribution in [0.4, 0.5) is 4.39 Å². The minimum absolute atomic E-state index is 0. The molecule has 2 rings (SSSR count). The zero-order valence-corrected chi connectivity index (χ0v) is 19.6. The fourth-order valence-electron chi connectivity index (χ4n) is 2.62. The quantitative estimate of drug-likeness (QED) is 0.263. The van der Waals surface area contributed by atoms with Crippen LogP contribution in [0.5, 0.6) is 11.5 Å². The molecule has 0 bridgehead atoms. The predicted octanol–water partition coefficient (Wildman–Crippen LogP) is 3.13. The molecule has 0 saturated heterocycles. The van der Waals surface area contributed by atoms with E-state index in [-0.39, 0.29) is 42.4 Å². The van der Waals surface area contributed by atoms with Crippen molar-refractivity contribution in [3.8, 4) is 11.5 Å². The van der Waals surface area contributed by atoms with Gasteiger partial charge in [-0.25, -0.2) is 9.38 Å². The molecular formula is C21H28FIN4O3. The van der Waals surface area contributed by atoms with Gasteiger partial charge in [0.25, 0.3) is 5.91 Å². The van der Waals surface area contributed by atoms with Gasteiger partial charge in [-0.3, -0.25) is 4.79 Å². The predicted molar refractivity (Wildman–Crippen MR) is 126 cm³/mol. The zero-order chi connectivity index (χ0) is 21.2. The van der Waals surface area contributed by atoms with Crippen molar-refractivity contribution in [2.24, 2.45) is 10.7 Å². The molecule has 1 unspecified atom stereocenters. The van der Waals surface area contributed by atoms with E-state index < -0.39 is 11.7 Å². The number of nitrogens with one attached hydrogen (secondary N) is 2. The smallest absolute Gasteiger partial charge is 0.255 e. The summed E-state index contributed by atoms with van der Waals surface area (Å²) in [6.45, 7) is 4.79. The number of guanidine groups is 1. The Morgan fingerprint density at radius 3 is 2.67 bits per heavy atom. The van der Waals surface area contributed by atoms with Crippen molar-refractivity contribution in [1.82, 2.24) is 10.6 Å². The summed E-state index contributed by atoms with van der Waals surface area (Å²) in [7, 11) is 1.43. The van der Waals surface area contributed by atoms with E-state index in [4.69, 9.17) is 15.2 Å². The second-order valence-corrected chi connectivity index (χ2v) is 6.36. The van der Waals surface area contributed by atoms with E-state index in [1.807, 2.05) is 32.0 Å². The molecule has 30 heavy (non-hydrogen) atoms. The number of methoxy groups -OCH3 is 1. The summed E-state index contributed by atoms with van der Waals surface area (Å²) in [5, 5.41) is 6.44. The number of nitrogens with zero attached hydrogens (tertiary/aromatic N) is 1. The topological polar surface area (TPSA) is 98.0 Å². The Balaban J connectivity index is 0.00000450. The van der Waals surface area contributed by atoms with E-state index in [2.05, 4.69) is 15.6 Å². The van der Waals surface area contributed by atoms with Crippen LogP contribution < -0.4 is 25.8 Å². The van der Waals surface area contributed by atoms with Crippen LogP contribution in [-0.4, -0.2) is 32.1 Å². The van der Waals surface area contributed by atoms with Gasteiger partial charge in [0.1, 0.15) is 5.75 Å². The highest BCUT2D eigenvalue weighted by molar-refractivity contribution is 14.0. The number of carbonyl (C=O) groups is 1. The van der Waals surface area contributed by atoms with Crippen molar-refractivity contribution in [2.75, 3.05) is 20.3 Å². The van der Waals surface area contributed by atoms with Gasteiger partial charge in [0.15, 0.2) is 24.1 Å². The lowest BCUT2D eigenvalue weighted by Crippen LogP contribution is -2.38. The van der Waals surface area contributed by atoms with E-state index in [1.54, 1.807) is 18.2 Å². The first-order valence-corrected chi connectivity index (χ1v) is 9.31. The maximum absolute atomic E-state index is 14.0. The second-order valence-electron chi connectivity index (χ2n) is 6.36. The standard InChI is InChI=1S/C21H27FN4O3.HI/c1-4-24-21(26-14(2)16-8-9-19(28-3)18(22)11-16)25-12-15-6-5-7-17(10-15)29-13-20(23)27;/h5-11,14H,4,12-13H2,1-3H3,(H2,23,27)(H2,24,25,26);1H. The van der Waals surface area contributed by atoms with Gasteiger partial charge in [0.05, 0.1) is 19.7 Å². The lowest BCUT2D eigenvalue weighted by molar-refractivity contribution is -0.119. The summed E-state index contributed by atoms with van der Waals surface area (Å²) in [6.07, 6.45) is 0. The fourth-order valence-corrected chi connectivity index (χ4v) is 2.62. The van der Waals surface area contributed by atoms with Crippen LogP contribution >= 0.6 is 24.0 Å². The Hall–Kier alpha value is -2.56. The van der Waals surface area contributed by atoms with E-state index in [0.29, 0.717) is 24.8 Å². The average molecular weight is 530 g/mol. The Morgan fingerprint density at radius 1 is 1.27 bits per heavy atom. The SMILES string of the molecule is CCNC(=NCc1cccc(OCC(N)=O)c1)NC(C)c1ccc(OC)c(F)c1.I. The van der Waals surface area contributed by atoms with Gasteiger partial charge < -0.3 is 25.8 Å². The van der Waals surface area contributed by atoms with Crippen molar-refractivity contribution in [3.05, 3.63) is 59.4 Å². The Bertz CT molecular complexity index is 864. The van der Waals surface area contributed by atoms with Gasteiger partial charge in [0.2, 0.25) is 0 Å². The second kappa shape index (κ2) is 12.9. The first kappa shape index (κ1) is 25.5. The largest absolute Gasteiger partial charge is 0.494 e. The molecule has 4 N–H and O–H groups in total. The van der Waals surface area contributed by atoms with Crippen molar-refractivity contribution in [2.45, 2.75) is 26.4 Å². The van der Waals surface area contributed by atoms with E-state index >= 15 is 0 Å². The van der Waals surface area contributed by atoms with Crippen molar-refractivity contribution < 1.29 is 18.7 Å². The molecule has 0 aliphatic heterocycles. The fraction of sp³-hybridized carbons (Fsp3) is 0.333. The minimum Gasteiger partial charge on any atom is -0.494 e. The molecule has 0 saturated carbocycles. The number of rotatable bonds is 9. The first-order valence-electron chi connectivity index (χ1n) is 9.31. The third kappa shape index (κ3) is 8.05. The number of amides is 1. The molecule has 0 heterocycles. The van der Waals surface area contributed by atoms with Crippen molar-refractivity contribution >= 4 is 35.8 Å². The van der Waals surface area contributed by atoms with Crippen LogP contribution in [0.3, 0.4) is 0 Å². The summed E-state index contributed by atoms with van der Waals surface area (Å²) in [4.78, 5) is 15.4. The monoisotopic (exact) mass is 530 g/mol. The Morgan fingerprint density at radius 2 is 2.03 bits per heavy atom. The number of carbonyl (C=O) groups excluding carboxylic acids is 1. The Kier molecular flexibility index (Phi) is 10.9. The normalized spacial score (nSPS) is 11.8. The number of halogens is 2. The maximum atomic E-state index is 14.0. The van der Waals surface area contributed by atoms with Gasteiger partial charge in [-0.1, -0.05) is 18.2 Å². The van der Waals surface area contributed by atoms with Crippen LogP contribution in [-0.2, 0) is 11.3 Å². The highest BCUT2D eigenvalue weighted by Gasteiger charge is 2.11. The molecule has 7 nitrogen and oxygen atoms in total. The number of hydrogen-bond donors (Lipinski definition) is 3. The lowest BCUT2D eigenvalue weighted by atomic mass is 10.1. The molecule has 0 radical (unpaired) electrons. The molecule has 0 aromatic heterocycles. The minimum atomic E-state index is -0.531. The first-order chi connectivity index (χ1) is 13.9. The molecule has 2 aromatic carbocycles. The van der Waals surface area contributed by atoms with Crippen LogP contribution in [0.15, 0.2) is 47.5 Å². The molecule has 0 spiro atoms. The average Bonchev–Trinajstić information content (AvgIpc) is 2.71. The van der Waals surface area contributed by atoms with E-state index in [9.17, 15) is 9.18 Å². The summed E-state index contributed by atoms with van der Waals surface area (Å²) in [5.74, 6) is 0.417. The highest BCUT2D eigenvalue weighted by Crippen LogP contribution is 2.21. The van der Waals surface area contributed by atoms with E-state index in [1.165, 1.54) is 13.2 Å². The van der Waals surface area contributed by atoms with Gasteiger partial charge in [-0.15, -0.1) is 24.0 Å². The highest BCUT2D eigenvalue weighted by atomic mass is 127. The number of primary amides is 1. The summed E-state index contributed by atoms with van der Waals surface area (Å²) in [5.41, 5.74) is 6.78. The number of ether oxygens (including phenoxy) is 2. The third-order valence-electron chi connectivity index (χ3n) is 4.07. The van der Waals surface area contributed by atoms with Crippen LogP contribution in [0.25, 0.3) is 0 Å². The molecule has 9 heteroatoms. The molecule has 0 aliphatic carbocycles. The number of nitrogens with two attached hydrogens (primary N) is 1. The van der Waals surface area contributed by atoms with Crippen molar-refractivity contribution in [1.29, 1.82) is 0 Å². The number of benzene rings is 2. The summed E-state index contributed by atoms with van der Waals surface area (Å²) < 4.78 is 24.3. The van der Waals surface area contributed by atoms with Crippen LogP contribution in [0, 0.1) is 5.82 Å². The molecule has 1 atom stereocenters. The van der Waals surface area contributed by atoms with Gasteiger partial charge in [-0.2, -0.15) is 0 Å². The third-order valence-corrected chi connectivity index (χ3v) is 4.07.